The van der Waals surface area contributed by atoms with Crippen molar-refractivity contribution in [3.8, 4) is 11.8 Å². The summed E-state index contributed by atoms with van der Waals surface area (Å²) >= 11 is 3.28. The number of rotatable bonds is 16. The number of alkyl carbamates (subject to hydrolysis) is 1. The number of amides is 1. The van der Waals surface area contributed by atoms with E-state index in [4.69, 9.17) is 9.47 Å². The van der Waals surface area contributed by atoms with Gasteiger partial charge in [0.15, 0.2) is 4.90 Å². The van der Waals surface area contributed by atoms with Crippen LogP contribution < -0.4 is 5.32 Å². The zero-order valence-electron chi connectivity index (χ0n) is 29.2. The van der Waals surface area contributed by atoms with Gasteiger partial charge in [-0.2, -0.15) is 8.61 Å². The quantitative estimate of drug-likeness (QED) is 0.0634. The molecule has 0 aliphatic rings. The maximum Gasteiger partial charge on any atom is 0.408 e. The number of nitro groups is 1. The first-order valence-corrected chi connectivity index (χ1v) is 19.5. The van der Waals surface area contributed by atoms with E-state index in [-0.39, 0.29) is 10.5 Å². The van der Waals surface area contributed by atoms with Crippen molar-refractivity contribution >= 4 is 53.7 Å². The van der Waals surface area contributed by atoms with Gasteiger partial charge in [0.2, 0.25) is 10.0 Å². The molecule has 282 valence electrons. The lowest BCUT2D eigenvalue weighted by Gasteiger charge is -2.27. The van der Waals surface area contributed by atoms with Crippen LogP contribution in [0.4, 0.5) is 10.5 Å². The second-order valence-corrected chi connectivity index (χ2v) is 16.8. The zero-order chi connectivity index (χ0) is 39.4. The largest absolute Gasteiger partial charge is 0.460 e. The number of nitrogens with one attached hydrogen (secondary N) is 1. The number of nitrogens with zero attached hydrogens (tertiary/aromatic N) is 3. The highest BCUT2D eigenvalue weighted by molar-refractivity contribution is 9.10. The Hall–Kier alpha value is -4.86. The van der Waals surface area contributed by atoms with Gasteiger partial charge < -0.3 is 14.8 Å². The molecule has 0 fully saturated rings. The Morgan fingerprint density at radius 1 is 0.925 bits per heavy atom. The molecule has 17 heteroatoms. The summed E-state index contributed by atoms with van der Waals surface area (Å²) in [4.78, 5) is 35.4. The number of benzene rings is 3. The number of sulfonamides is 2. The van der Waals surface area contributed by atoms with Gasteiger partial charge in [0, 0.05) is 17.1 Å². The van der Waals surface area contributed by atoms with Gasteiger partial charge in [0.1, 0.15) is 12.2 Å². The van der Waals surface area contributed by atoms with Crippen molar-refractivity contribution in [2.75, 3.05) is 26.2 Å². The lowest BCUT2D eigenvalue weighted by Crippen LogP contribution is -2.46. The third-order valence-electron chi connectivity index (χ3n) is 7.14. The van der Waals surface area contributed by atoms with Crippen LogP contribution in [0, 0.1) is 22.0 Å². The third-order valence-corrected chi connectivity index (χ3v) is 11.4. The van der Waals surface area contributed by atoms with Gasteiger partial charge in [-0.25, -0.2) is 26.4 Å². The van der Waals surface area contributed by atoms with E-state index in [0.717, 1.165) is 20.7 Å². The summed E-state index contributed by atoms with van der Waals surface area (Å²) in [5.74, 6) is 4.64. The van der Waals surface area contributed by atoms with Crippen LogP contribution in [0.1, 0.15) is 31.1 Å². The molecule has 53 heavy (non-hydrogen) atoms. The van der Waals surface area contributed by atoms with Gasteiger partial charge in [-0.3, -0.25) is 10.1 Å². The number of esters is 1. The molecule has 3 rings (SSSR count). The van der Waals surface area contributed by atoms with Crippen LogP contribution in [0.25, 0.3) is 0 Å². The molecule has 0 heterocycles. The molecule has 0 saturated heterocycles. The van der Waals surface area contributed by atoms with Crippen molar-refractivity contribution < 1.29 is 40.8 Å². The normalized spacial score (nSPS) is 12.9. The van der Waals surface area contributed by atoms with E-state index in [2.05, 4.69) is 46.2 Å². The topological polar surface area (TPSA) is 183 Å². The first-order valence-electron chi connectivity index (χ1n) is 15.8. The van der Waals surface area contributed by atoms with Crippen LogP contribution >= 0.6 is 15.9 Å². The second-order valence-electron chi connectivity index (χ2n) is 12.1. The molecule has 0 spiro atoms. The third kappa shape index (κ3) is 12.1. The predicted octanol–water partition coefficient (Wildman–Crippen LogP) is 5.53. The molecule has 3 aromatic carbocycles. The second kappa shape index (κ2) is 18.8. The van der Waals surface area contributed by atoms with E-state index in [9.17, 15) is 36.5 Å². The van der Waals surface area contributed by atoms with E-state index in [0.29, 0.717) is 4.47 Å². The van der Waals surface area contributed by atoms with Gasteiger partial charge >= 0.3 is 12.1 Å². The van der Waals surface area contributed by atoms with Crippen molar-refractivity contribution in [3.63, 3.8) is 0 Å². The van der Waals surface area contributed by atoms with Gasteiger partial charge in [0.05, 0.1) is 40.6 Å². The number of hydrogen-bond acceptors (Lipinski definition) is 10. The van der Waals surface area contributed by atoms with Crippen molar-refractivity contribution in [3.05, 3.63) is 124 Å². The minimum atomic E-state index is -4.66. The van der Waals surface area contributed by atoms with E-state index in [1.54, 1.807) is 39.0 Å². The molecule has 0 aliphatic carbocycles. The fraction of sp³-hybridized carbons (Fsp3) is 0.278. The zero-order valence-corrected chi connectivity index (χ0v) is 32.4. The van der Waals surface area contributed by atoms with Crippen LogP contribution in [0.3, 0.4) is 0 Å². The molecule has 3 aromatic rings. The fourth-order valence-corrected chi connectivity index (χ4v) is 7.84. The van der Waals surface area contributed by atoms with Crippen LogP contribution in [0.2, 0.25) is 0 Å². The maximum atomic E-state index is 13.9. The molecular formula is C36H39BrN4O10S2. The highest BCUT2D eigenvalue weighted by atomic mass is 79.9. The molecule has 1 amide bonds. The first kappa shape index (κ1) is 42.6. The van der Waals surface area contributed by atoms with E-state index in [1.165, 1.54) is 60.7 Å². The van der Waals surface area contributed by atoms with Crippen molar-refractivity contribution in [2.24, 2.45) is 0 Å². The molecular weight excluding hydrogens is 792 g/mol. The van der Waals surface area contributed by atoms with Gasteiger partial charge in [-0.05, 0) is 63.2 Å². The smallest absolute Gasteiger partial charge is 0.408 e. The monoisotopic (exact) mass is 830 g/mol. The Kier molecular flexibility index (Phi) is 15.1. The highest BCUT2D eigenvalue weighted by Gasteiger charge is 2.34. The van der Waals surface area contributed by atoms with Gasteiger partial charge in [-0.15, -0.1) is 13.2 Å². The SMILES string of the molecule is C=C[C@H](CN(CC#CCN([C@@H](C=C)COC(=O)c1ccccc1)S(=O)(=O)c1ccc(Br)cc1)S(=O)(=O)c1ccccc1[N+](=O)[O-])NC(=O)OC(C)(C)C. The van der Waals surface area contributed by atoms with Crippen LogP contribution in [-0.4, -0.2) is 86.4 Å². The maximum absolute atomic E-state index is 13.9. The number of halogens is 1. The van der Waals surface area contributed by atoms with Crippen LogP contribution in [0.15, 0.2) is 118 Å². The van der Waals surface area contributed by atoms with Crippen LogP contribution in [0.5, 0.6) is 0 Å². The highest BCUT2D eigenvalue weighted by Crippen LogP contribution is 2.27. The van der Waals surface area contributed by atoms with Crippen molar-refractivity contribution in [1.82, 2.24) is 13.9 Å². The molecule has 2 atom stereocenters. The fourth-order valence-electron chi connectivity index (χ4n) is 4.56. The first-order chi connectivity index (χ1) is 24.9. The predicted molar refractivity (Wildman–Crippen MR) is 202 cm³/mol. The number of carbonyl (C=O) groups is 2. The van der Waals surface area contributed by atoms with E-state index in [1.807, 2.05) is 0 Å². The minimum absolute atomic E-state index is 0.105. The summed E-state index contributed by atoms with van der Waals surface area (Å²) in [7, 11) is -8.97. The Morgan fingerprint density at radius 2 is 1.53 bits per heavy atom. The van der Waals surface area contributed by atoms with Gasteiger partial charge in [0.25, 0.3) is 15.7 Å². The lowest BCUT2D eigenvalue weighted by molar-refractivity contribution is -0.387. The van der Waals surface area contributed by atoms with E-state index >= 15 is 0 Å². The average Bonchev–Trinajstić information content (AvgIpc) is 3.11. The molecule has 14 nitrogen and oxygen atoms in total. The number of carbonyl (C=O) groups excluding carboxylic acids is 2. The standard InChI is InChI=1S/C36H39BrN4O10S2/c1-6-29(38-35(43)51-36(3,4)5)25-39(53(48,49)33-18-12-11-17-32(33)41(44)45)23-13-14-24-40(52(46,47)31-21-19-28(37)20-22-31)30(7-2)26-50-34(42)27-15-9-8-10-16-27/h6-12,15-22,29-30H,1-2,23-26H2,3-5H3,(H,38,43)/t29-,30+/m1/s1. The number of ether oxygens (including phenoxy) is 2. The summed E-state index contributed by atoms with van der Waals surface area (Å²) in [6, 6.07) is 16.5. The number of hydrogen-bond donors (Lipinski definition) is 1. The summed E-state index contributed by atoms with van der Waals surface area (Å²) in [6.07, 6.45) is 1.67. The summed E-state index contributed by atoms with van der Waals surface area (Å²) in [5.41, 5.74) is -1.31. The molecule has 0 unspecified atom stereocenters. The van der Waals surface area contributed by atoms with Crippen molar-refractivity contribution in [1.29, 1.82) is 0 Å². The molecule has 0 bridgehead atoms. The molecule has 0 aliphatic heterocycles. The molecule has 1 N–H and O–H groups in total. The minimum Gasteiger partial charge on any atom is -0.460 e. The summed E-state index contributed by atoms with van der Waals surface area (Å²) < 4.78 is 68.9. The van der Waals surface area contributed by atoms with E-state index < -0.39 is 91.5 Å². The Morgan fingerprint density at radius 3 is 2.11 bits per heavy atom. The van der Waals surface area contributed by atoms with Crippen LogP contribution in [-0.2, 0) is 29.5 Å². The Bertz CT molecular complexity index is 2080. The summed E-state index contributed by atoms with van der Waals surface area (Å²) in [5, 5.41) is 14.3. The Labute approximate surface area is 317 Å². The average molecular weight is 832 g/mol. The number of para-hydroxylation sites is 1. The van der Waals surface area contributed by atoms with Gasteiger partial charge in [-0.1, -0.05) is 70.3 Å². The molecule has 0 radical (unpaired) electrons. The molecule has 0 aromatic heterocycles. The summed E-state index contributed by atoms with van der Waals surface area (Å²) in [6.45, 7) is 10.3. The Balaban J connectivity index is 2.00. The molecule has 0 saturated carbocycles. The number of nitro benzene ring substituents is 1. The lowest BCUT2D eigenvalue weighted by atomic mass is 10.2. The van der Waals surface area contributed by atoms with Crippen molar-refractivity contribution in [2.45, 2.75) is 48.2 Å².